The van der Waals surface area contributed by atoms with Gasteiger partial charge in [0.15, 0.2) is 0 Å². The summed E-state index contributed by atoms with van der Waals surface area (Å²) in [5, 5.41) is 10.1. The third-order valence-corrected chi connectivity index (χ3v) is 2.65. The zero-order valence-electron chi connectivity index (χ0n) is 10.1. The summed E-state index contributed by atoms with van der Waals surface area (Å²) in [4.78, 5) is 8.17. The van der Waals surface area contributed by atoms with Crippen LogP contribution in [0.4, 0.5) is 5.69 Å². The van der Waals surface area contributed by atoms with Crippen LogP contribution >= 0.6 is 0 Å². The molecule has 3 N–H and O–H groups in total. The molecule has 0 aliphatic rings. The summed E-state index contributed by atoms with van der Waals surface area (Å²) in [7, 11) is 1.54. The van der Waals surface area contributed by atoms with Gasteiger partial charge in [0.2, 0.25) is 5.88 Å². The van der Waals surface area contributed by atoms with E-state index in [4.69, 9.17) is 10.5 Å². The molecule has 0 aliphatic heterocycles. The summed E-state index contributed by atoms with van der Waals surface area (Å²) in [6.07, 6.45) is 2.92. The number of aromatic nitrogens is 2. The molecule has 2 aromatic heterocycles. The predicted octanol–water partition coefficient (Wildman–Crippen LogP) is 1.34. The van der Waals surface area contributed by atoms with Crippen molar-refractivity contribution in [2.24, 2.45) is 0 Å². The lowest BCUT2D eigenvalue weighted by atomic mass is 10.1. The monoisotopic (exact) mass is 245 g/mol. The van der Waals surface area contributed by atoms with E-state index in [1.165, 1.54) is 7.11 Å². The summed E-state index contributed by atoms with van der Waals surface area (Å²) in [6.45, 7) is 0. The number of aliphatic hydroxyl groups excluding tert-OH is 1. The summed E-state index contributed by atoms with van der Waals surface area (Å²) in [6, 6.07) is 6.98. The minimum Gasteiger partial charge on any atom is -0.481 e. The van der Waals surface area contributed by atoms with Crippen LogP contribution in [0.15, 0.2) is 36.7 Å². The van der Waals surface area contributed by atoms with Gasteiger partial charge in [0.1, 0.15) is 6.10 Å². The van der Waals surface area contributed by atoms with Crippen molar-refractivity contribution in [2.75, 3.05) is 12.8 Å². The average molecular weight is 245 g/mol. The number of nitrogens with zero attached hydrogens (tertiary/aromatic N) is 2. The Kier molecular flexibility index (Phi) is 3.74. The Hall–Kier alpha value is -2.14. The Balaban J connectivity index is 2.16. The fraction of sp³-hybridized carbons (Fsp3) is 0.231. The molecule has 5 nitrogen and oxygen atoms in total. The van der Waals surface area contributed by atoms with Gasteiger partial charge in [-0.3, -0.25) is 4.98 Å². The third-order valence-electron chi connectivity index (χ3n) is 2.65. The van der Waals surface area contributed by atoms with Gasteiger partial charge in [-0.25, -0.2) is 4.98 Å². The van der Waals surface area contributed by atoms with Crippen LogP contribution in [-0.4, -0.2) is 22.2 Å². The molecular formula is C13H15N3O2. The molecule has 5 heteroatoms. The molecular weight excluding hydrogens is 230 g/mol. The van der Waals surface area contributed by atoms with Crippen molar-refractivity contribution in [1.29, 1.82) is 0 Å². The second-order valence-electron chi connectivity index (χ2n) is 3.90. The number of nitrogen functional groups attached to an aromatic ring is 1. The highest BCUT2D eigenvalue weighted by atomic mass is 16.5. The van der Waals surface area contributed by atoms with E-state index in [9.17, 15) is 5.11 Å². The van der Waals surface area contributed by atoms with Crippen LogP contribution in [0, 0.1) is 0 Å². The zero-order valence-corrected chi connectivity index (χ0v) is 10.1. The van der Waals surface area contributed by atoms with Crippen molar-refractivity contribution in [3.63, 3.8) is 0 Å². The van der Waals surface area contributed by atoms with Crippen molar-refractivity contribution in [2.45, 2.75) is 12.5 Å². The van der Waals surface area contributed by atoms with Crippen molar-refractivity contribution >= 4 is 5.69 Å². The van der Waals surface area contributed by atoms with E-state index in [-0.39, 0.29) is 0 Å². The van der Waals surface area contributed by atoms with Gasteiger partial charge in [0, 0.05) is 30.6 Å². The Morgan fingerprint density at radius 2 is 2.22 bits per heavy atom. The molecule has 0 saturated heterocycles. The Morgan fingerprint density at radius 1 is 1.39 bits per heavy atom. The standard InChI is InChI=1S/C13H15N3O2/c1-18-13-4-2-3-11(16-13)12(17)7-9-8-15-6-5-10(9)14/h2-6,8,12,17H,7H2,1H3,(H2,14,15). The minimum atomic E-state index is -0.730. The molecule has 0 aliphatic carbocycles. The van der Waals surface area contributed by atoms with E-state index in [2.05, 4.69) is 9.97 Å². The molecule has 2 aromatic rings. The minimum absolute atomic E-state index is 0.375. The molecule has 0 radical (unpaired) electrons. The maximum atomic E-state index is 10.1. The van der Waals surface area contributed by atoms with Crippen LogP contribution < -0.4 is 10.5 Å². The Bertz CT molecular complexity index is 531. The van der Waals surface area contributed by atoms with Gasteiger partial charge in [-0.1, -0.05) is 6.07 Å². The highest BCUT2D eigenvalue weighted by molar-refractivity contribution is 5.44. The molecule has 0 amide bonds. The van der Waals surface area contributed by atoms with Gasteiger partial charge < -0.3 is 15.6 Å². The topological polar surface area (TPSA) is 81.3 Å². The van der Waals surface area contributed by atoms with Gasteiger partial charge >= 0.3 is 0 Å². The number of ether oxygens (including phenoxy) is 1. The maximum absolute atomic E-state index is 10.1. The molecule has 2 heterocycles. The first-order valence-electron chi connectivity index (χ1n) is 5.58. The van der Waals surface area contributed by atoms with Gasteiger partial charge in [0.25, 0.3) is 0 Å². The smallest absolute Gasteiger partial charge is 0.213 e. The average Bonchev–Trinajstić information content (AvgIpc) is 2.41. The quantitative estimate of drug-likeness (QED) is 0.849. The largest absolute Gasteiger partial charge is 0.481 e. The summed E-state index contributed by atoms with van der Waals surface area (Å²) >= 11 is 0. The van der Waals surface area contributed by atoms with E-state index in [0.717, 1.165) is 5.56 Å². The molecule has 18 heavy (non-hydrogen) atoms. The molecule has 0 spiro atoms. The van der Waals surface area contributed by atoms with Crippen LogP contribution in [0.3, 0.4) is 0 Å². The molecule has 0 saturated carbocycles. The van der Waals surface area contributed by atoms with Crippen LogP contribution in [0.2, 0.25) is 0 Å². The highest BCUT2D eigenvalue weighted by Gasteiger charge is 2.12. The van der Waals surface area contributed by atoms with Crippen molar-refractivity contribution in [3.05, 3.63) is 47.9 Å². The molecule has 94 valence electrons. The Morgan fingerprint density at radius 3 is 2.94 bits per heavy atom. The number of aliphatic hydroxyl groups is 1. The number of rotatable bonds is 4. The molecule has 0 bridgehead atoms. The van der Waals surface area contributed by atoms with Gasteiger partial charge in [-0.15, -0.1) is 0 Å². The van der Waals surface area contributed by atoms with Crippen molar-refractivity contribution in [3.8, 4) is 5.88 Å². The van der Waals surface area contributed by atoms with Crippen LogP contribution in [0.25, 0.3) is 0 Å². The lowest BCUT2D eigenvalue weighted by Gasteiger charge is -2.12. The third kappa shape index (κ3) is 2.75. The molecule has 0 aromatic carbocycles. The van der Waals surface area contributed by atoms with Crippen molar-refractivity contribution in [1.82, 2.24) is 9.97 Å². The second-order valence-corrected chi connectivity index (χ2v) is 3.90. The number of nitrogens with two attached hydrogens (primary N) is 1. The number of anilines is 1. The number of methoxy groups -OCH3 is 1. The molecule has 0 fully saturated rings. The fourth-order valence-corrected chi connectivity index (χ4v) is 1.65. The lowest BCUT2D eigenvalue weighted by Crippen LogP contribution is -2.07. The maximum Gasteiger partial charge on any atom is 0.213 e. The lowest BCUT2D eigenvalue weighted by molar-refractivity contribution is 0.172. The second kappa shape index (κ2) is 5.46. The van der Waals surface area contributed by atoms with Crippen LogP contribution in [0.1, 0.15) is 17.4 Å². The van der Waals surface area contributed by atoms with Gasteiger partial charge in [-0.2, -0.15) is 0 Å². The van der Waals surface area contributed by atoms with Crippen LogP contribution in [-0.2, 0) is 6.42 Å². The first-order valence-corrected chi connectivity index (χ1v) is 5.58. The summed E-state index contributed by atoms with van der Waals surface area (Å²) < 4.78 is 5.02. The fourth-order valence-electron chi connectivity index (χ4n) is 1.65. The normalized spacial score (nSPS) is 12.1. The summed E-state index contributed by atoms with van der Waals surface area (Å²) in [5.74, 6) is 0.478. The van der Waals surface area contributed by atoms with Gasteiger partial charge in [0.05, 0.1) is 12.8 Å². The van der Waals surface area contributed by atoms with E-state index in [0.29, 0.717) is 23.7 Å². The Labute approximate surface area is 105 Å². The molecule has 1 unspecified atom stereocenters. The first-order chi connectivity index (χ1) is 8.70. The highest BCUT2D eigenvalue weighted by Crippen LogP contribution is 2.21. The SMILES string of the molecule is COc1cccc(C(O)Cc2cnccc2N)n1. The number of pyridine rings is 2. The van der Waals surface area contributed by atoms with E-state index in [1.54, 1.807) is 36.7 Å². The van der Waals surface area contributed by atoms with E-state index < -0.39 is 6.10 Å². The number of hydrogen-bond donors (Lipinski definition) is 2. The van der Waals surface area contributed by atoms with E-state index in [1.807, 2.05) is 0 Å². The zero-order chi connectivity index (χ0) is 13.0. The number of hydrogen-bond acceptors (Lipinski definition) is 5. The first kappa shape index (κ1) is 12.3. The van der Waals surface area contributed by atoms with E-state index >= 15 is 0 Å². The summed E-state index contributed by atoms with van der Waals surface area (Å²) in [5.41, 5.74) is 7.78. The van der Waals surface area contributed by atoms with Gasteiger partial charge in [-0.05, 0) is 17.7 Å². The molecule has 2 rings (SSSR count). The van der Waals surface area contributed by atoms with Crippen molar-refractivity contribution < 1.29 is 9.84 Å². The molecule has 1 atom stereocenters. The predicted molar refractivity (Wildman–Crippen MR) is 68.1 cm³/mol. The van der Waals surface area contributed by atoms with Crippen LogP contribution in [0.5, 0.6) is 5.88 Å².